The van der Waals surface area contributed by atoms with Gasteiger partial charge in [0, 0.05) is 23.3 Å². The van der Waals surface area contributed by atoms with Gasteiger partial charge < -0.3 is 19.4 Å². The fraction of sp³-hybridized carbons (Fsp3) is 0.263. The van der Waals surface area contributed by atoms with Crippen LogP contribution in [0.15, 0.2) is 42.3 Å². The third kappa shape index (κ3) is 4.41. The lowest BCUT2D eigenvalue weighted by molar-refractivity contribution is 0.142. The van der Waals surface area contributed by atoms with Crippen molar-refractivity contribution in [3.8, 4) is 10.6 Å². The molecule has 2 aromatic heterocycles. The molecule has 0 bridgehead atoms. The number of rotatable bonds is 6. The Balaban J connectivity index is 1.45. The molecule has 156 valence electrons. The molecule has 0 saturated carbocycles. The van der Waals surface area contributed by atoms with Crippen LogP contribution in [0.5, 0.6) is 0 Å². The number of carbonyl (C=O) groups excluding carboxylic acids is 1. The van der Waals surface area contributed by atoms with Crippen molar-refractivity contribution in [1.29, 1.82) is 0 Å². The van der Waals surface area contributed by atoms with Crippen LogP contribution in [0.25, 0.3) is 10.6 Å². The largest absolute Gasteiger partial charge is 0.474 e. The molecule has 1 aliphatic heterocycles. The number of benzene rings is 1. The quantitative estimate of drug-likeness (QED) is 0.582. The maximum atomic E-state index is 14.8. The number of anilines is 1. The number of nitrogens with one attached hydrogen (secondary N) is 1. The van der Waals surface area contributed by atoms with Crippen LogP contribution in [-0.4, -0.2) is 52.1 Å². The van der Waals surface area contributed by atoms with E-state index < -0.39 is 18.0 Å². The van der Waals surface area contributed by atoms with Crippen LogP contribution in [0, 0.1) is 5.82 Å². The Morgan fingerprint density at radius 2 is 2.37 bits per heavy atom. The van der Waals surface area contributed by atoms with E-state index in [1.807, 2.05) is 16.1 Å². The van der Waals surface area contributed by atoms with Crippen LogP contribution in [0.4, 0.5) is 14.9 Å². The molecule has 8 nitrogen and oxygen atoms in total. The minimum Gasteiger partial charge on any atom is -0.474 e. The van der Waals surface area contributed by atoms with Crippen LogP contribution < -0.4 is 10.2 Å². The molecule has 3 aromatic rings. The number of ether oxygens (including phenoxy) is 2. The van der Waals surface area contributed by atoms with Crippen LogP contribution in [-0.2, 0) is 16.0 Å². The van der Waals surface area contributed by atoms with Gasteiger partial charge in [0.15, 0.2) is 0 Å². The number of thiocarbonyl (C=S) groups is 1. The molecular weight excluding hydrogens is 429 g/mol. The Hall–Kier alpha value is -3.05. The summed E-state index contributed by atoms with van der Waals surface area (Å²) in [4.78, 5) is 22.1. The van der Waals surface area contributed by atoms with E-state index in [0.29, 0.717) is 29.3 Å². The summed E-state index contributed by atoms with van der Waals surface area (Å²) < 4.78 is 26.9. The SMILES string of the molecule is COC(=S)NC[C@H]1CN(c2ccc(-c3nc(Cn4ccnc4)cs3)c(F)c2)C(=O)O1. The maximum absolute atomic E-state index is 14.8. The molecule has 1 N–H and O–H groups in total. The fourth-order valence-electron chi connectivity index (χ4n) is 3.02. The molecule has 1 aromatic carbocycles. The summed E-state index contributed by atoms with van der Waals surface area (Å²) in [7, 11) is 1.45. The van der Waals surface area contributed by atoms with Gasteiger partial charge in [-0.2, -0.15) is 0 Å². The highest BCUT2D eigenvalue weighted by atomic mass is 32.1. The molecule has 0 spiro atoms. The fourth-order valence-corrected chi connectivity index (χ4v) is 3.94. The summed E-state index contributed by atoms with van der Waals surface area (Å²) in [5.41, 5.74) is 1.63. The molecule has 0 radical (unpaired) electrons. The standard InChI is InChI=1S/C19H18FN5O3S2/c1-27-18(29)22-7-14-9-25(19(26)28-14)13-2-3-15(16(20)6-13)17-23-12(10-30-17)8-24-5-4-21-11-24/h2-6,10-11,14H,7-9H2,1H3,(H,22,29)/t14-/m0/s1. The van der Waals surface area contributed by atoms with Gasteiger partial charge in [-0.1, -0.05) is 0 Å². The van der Waals surface area contributed by atoms with Crippen LogP contribution in [0.2, 0.25) is 0 Å². The van der Waals surface area contributed by atoms with Gasteiger partial charge in [-0.3, -0.25) is 4.90 Å². The number of imidazole rings is 1. The summed E-state index contributed by atoms with van der Waals surface area (Å²) in [5, 5.41) is 5.53. The van der Waals surface area contributed by atoms with Crippen molar-refractivity contribution < 1.29 is 18.7 Å². The van der Waals surface area contributed by atoms with Gasteiger partial charge in [-0.05, 0) is 30.4 Å². The van der Waals surface area contributed by atoms with E-state index in [2.05, 4.69) is 15.3 Å². The first kappa shape index (κ1) is 20.2. The van der Waals surface area contributed by atoms with Crippen LogP contribution in [0.1, 0.15) is 5.69 Å². The number of aromatic nitrogens is 3. The van der Waals surface area contributed by atoms with E-state index in [-0.39, 0.29) is 11.7 Å². The first-order valence-electron chi connectivity index (χ1n) is 9.03. The van der Waals surface area contributed by atoms with Crippen LogP contribution in [0.3, 0.4) is 0 Å². The predicted octanol–water partition coefficient (Wildman–Crippen LogP) is 3.04. The first-order valence-corrected chi connectivity index (χ1v) is 10.3. The summed E-state index contributed by atoms with van der Waals surface area (Å²) in [6.07, 6.45) is 4.29. The van der Waals surface area contributed by atoms with Gasteiger partial charge in [-0.25, -0.2) is 19.2 Å². The Morgan fingerprint density at radius 1 is 1.50 bits per heavy atom. The zero-order chi connectivity index (χ0) is 21.1. The molecule has 1 atom stereocenters. The highest BCUT2D eigenvalue weighted by molar-refractivity contribution is 7.80. The number of thiazole rings is 1. The lowest BCUT2D eigenvalue weighted by Gasteiger charge is -2.14. The Kier molecular flexibility index (Phi) is 5.91. The first-order chi connectivity index (χ1) is 14.5. The molecule has 0 aliphatic carbocycles. The van der Waals surface area contributed by atoms with Gasteiger partial charge in [0.1, 0.15) is 16.9 Å². The average Bonchev–Trinajstić information content (AvgIpc) is 3.48. The summed E-state index contributed by atoms with van der Waals surface area (Å²) in [5.74, 6) is -0.453. The molecule has 1 amide bonds. The number of halogens is 1. The smallest absolute Gasteiger partial charge is 0.414 e. The Morgan fingerprint density at radius 3 is 3.10 bits per heavy atom. The van der Waals surface area contributed by atoms with E-state index in [1.54, 1.807) is 24.7 Å². The Bertz CT molecular complexity index is 1060. The maximum Gasteiger partial charge on any atom is 0.414 e. The van der Waals surface area contributed by atoms with Crippen molar-refractivity contribution in [2.45, 2.75) is 12.6 Å². The molecule has 11 heteroatoms. The summed E-state index contributed by atoms with van der Waals surface area (Å²) >= 11 is 6.27. The normalized spacial score (nSPS) is 15.9. The second-order valence-corrected chi connectivity index (χ2v) is 7.76. The number of carbonyl (C=O) groups is 1. The number of amides is 1. The van der Waals surface area contributed by atoms with Gasteiger partial charge in [0.2, 0.25) is 0 Å². The van der Waals surface area contributed by atoms with Gasteiger partial charge in [-0.15, -0.1) is 11.3 Å². The summed E-state index contributed by atoms with van der Waals surface area (Å²) in [6.45, 7) is 1.16. The zero-order valence-corrected chi connectivity index (χ0v) is 17.6. The molecule has 30 heavy (non-hydrogen) atoms. The van der Waals surface area contributed by atoms with Crippen molar-refractivity contribution in [2.24, 2.45) is 0 Å². The predicted molar refractivity (Wildman–Crippen MR) is 114 cm³/mol. The van der Waals surface area contributed by atoms with Crippen molar-refractivity contribution in [3.05, 3.63) is 53.8 Å². The average molecular weight is 448 g/mol. The van der Waals surface area contributed by atoms with E-state index >= 15 is 0 Å². The number of methoxy groups -OCH3 is 1. The molecule has 3 heterocycles. The minimum atomic E-state index is -0.533. The summed E-state index contributed by atoms with van der Waals surface area (Å²) in [6, 6.07) is 4.64. The second-order valence-electron chi connectivity index (χ2n) is 6.53. The van der Waals surface area contributed by atoms with E-state index in [4.69, 9.17) is 21.7 Å². The Labute approximate surface area is 181 Å². The molecule has 1 fully saturated rings. The highest BCUT2D eigenvalue weighted by Gasteiger charge is 2.32. The van der Waals surface area contributed by atoms with E-state index in [0.717, 1.165) is 5.69 Å². The minimum absolute atomic E-state index is 0.218. The molecule has 1 aliphatic rings. The zero-order valence-electron chi connectivity index (χ0n) is 15.9. The molecule has 1 saturated heterocycles. The van der Waals surface area contributed by atoms with Gasteiger partial charge in [0.05, 0.1) is 44.5 Å². The van der Waals surface area contributed by atoms with Gasteiger partial charge >= 0.3 is 6.09 Å². The molecular formula is C19H18FN5O3S2. The van der Waals surface area contributed by atoms with E-state index in [9.17, 15) is 9.18 Å². The lowest BCUT2D eigenvalue weighted by atomic mass is 10.2. The number of cyclic esters (lactones) is 1. The van der Waals surface area contributed by atoms with Crippen molar-refractivity contribution >= 4 is 40.5 Å². The highest BCUT2D eigenvalue weighted by Crippen LogP contribution is 2.31. The van der Waals surface area contributed by atoms with Crippen molar-refractivity contribution in [3.63, 3.8) is 0 Å². The number of hydrogen-bond donors (Lipinski definition) is 1. The third-order valence-corrected chi connectivity index (χ3v) is 5.72. The molecule has 4 rings (SSSR count). The van der Waals surface area contributed by atoms with Crippen molar-refractivity contribution in [2.75, 3.05) is 25.1 Å². The van der Waals surface area contributed by atoms with Crippen molar-refractivity contribution in [1.82, 2.24) is 19.9 Å². The monoisotopic (exact) mass is 447 g/mol. The lowest BCUT2D eigenvalue weighted by Crippen LogP contribution is -2.34. The molecule has 0 unspecified atom stereocenters. The van der Waals surface area contributed by atoms with Gasteiger partial charge in [0.25, 0.3) is 5.17 Å². The number of hydrogen-bond acceptors (Lipinski definition) is 7. The third-order valence-electron chi connectivity index (χ3n) is 4.48. The second kappa shape index (κ2) is 8.76. The number of nitrogens with zero attached hydrogens (tertiary/aromatic N) is 4. The van der Waals surface area contributed by atoms with E-state index in [1.165, 1.54) is 29.4 Å². The topological polar surface area (TPSA) is 81.5 Å². The van der Waals surface area contributed by atoms with Crippen LogP contribution >= 0.6 is 23.6 Å².